The lowest BCUT2D eigenvalue weighted by Crippen LogP contribution is -2.47. The molecule has 3 atom stereocenters. The second-order valence-electron chi connectivity index (χ2n) is 7.85. The summed E-state index contributed by atoms with van der Waals surface area (Å²) in [6, 6.07) is 18.1. The maximum absolute atomic E-state index is 13.5. The molecule has 0 aliphatic carbocycles. The fraction of sp³-hybridized carbons (Fsp3) is 0.391. The van der Waals surface area contributed by atoms with E-state index >= 15 is 0 Å². The summed E-state index contributed by atoms with van der Waals surface area (Å²) in [5.74, 6) is -0.0490. The van der Waals surface area contributed by atoms with Gasteiger partial charge in [0.05, 0.1) is 5.92 Å². The van der Waals surface area contributed by atoms with Crippen molar-refractivity contribution in [1.29, 1.82) is 0 Å². The van der Waals surface area contributed by atoms with E-state index in [4.69, 9.17) is 0 Å². The molecule has 0 bridgehead atoms. The number of para-hydroxylation sites is 1. The molecule has 146 valence electrons. The Bertz CT molecular complexity index is 846. The Morgan fingerprint density at radius 2 is 1.89 bits per heavy atom. The predicted octanol–water partition coefficient (Wildman–Crippen LogP) is 2.79. The molecule has 5 nitrogen and oxygen atoms in total. The number of nitrogens with one attached hydrogen (secondary N) is 2. The first-order chi connectivity index (χ1) is 13.6. The number of likely N-dealkylation sites (N-methyl/N-ethyl adjacent to an activating group) is 1. The van der Waals surface area contributed by atoms with Crippen molar-refractivity contribution in [2.45, 2.75) is 31.2 Å². The van der Waals surface area contributed by atoms with E-state index < -0.39 is 5.92 Å². The van der Waals surface area contributed by atoms with E-state index in [2.05, 4.69) is 22.8 Å². The second-order valence-corrected chi connectivity index (χ2v) is 7.85. The predicted molar refractivity (Wildman–Crippen MR) is 110 cm³/mol. The van der Waals surface area contributed by atoms with Gasteiger partial charge in [0.2, 0.25) is 11.8 Å². The van der Waals surface area contributed by atoms with Crippen LogP contribution in [0.1, 0.15) is 29.9 Å². The van der Waals surface area contributed by atoms with Crippen LogP contribution in [0.3, 0.4) is 0 Å². The highest BCUT2D eigenvalue weighted by Crippen LogP contribution is 2.34. The van der Waals surface area contributed by atoms with Crippen molar-refractivity contribution in [3.05, 3.63) is 65.7 Å². The van der Waals surface area contributed by atoms with Crippen LogP contribution in [-0.2, 0) is 16.0 Å². The van der Waals surface area contributed by atoms with Gasteiger partial charge in [0, 0.05) is 25.2 Å². The molecule has 2 heterocycles. The summed E-state index contributed by atoms with van der Waals surface area (Å²) in [6.07, 6.45) is 2.11. The van der Waals surface area contributed by atoms with Crippen LogP contribution in [0.15, 0.2) is 54.6 Å². The molecule has 2 aromatic rings. The fourth-order valence-electron chi connectivity index (χ4n) is 4.52. The number of anilines is 1. The standard InChI is InChI=1S/C23H27N3O2/c1-26(21(17-11-12-24-15-17)13-16-7-3-2-4-8-16)23(28)19-14-22(27)25-20-10-6-5-9-18(19)20/h2-10,17,19,21,24H,11-15H2,1H3,(H,25,27)/t17-,19-,21?/m0/s1. The van der Waals surface area contributed by atoms with E-state index in [0.29, 0.717) is 5.92 Å². The lowest BCUT2D eigenvalue weighted by molar-refractivity contribution is -0.136. The van der Waals surface area contributed by atoms with E-state index in [9.17, 15) is 9.59 Å². The molecule has 0 aromatic heterocycles. The molecule has 4 rings (SSSR count). The Morgan fingerprint density at radius 3 is 2.64 bits per heavy atom. The van der Waals surface area contributed by atoms with Crippen molar-refractivity contribution in [2.24, 2.45) is 5.92 Å². The van der Waals surface area contributed by atoms with Gasteiger partial charge in [0.15, 0.2) is 0 Å². The van der Waals surface area contributed by atoms with E-state index in [0.717, 1.165) is 37.2 Å². The second kappa shape index (κ2) is 8.15. The molecule has 5 heteroatoms. The highest BCUT2D eigenvalue weighted by molar-refractivity contribution is 6.01. The van der Waals surface area contributed by atoms with Crippen molar-refractivity contribution in [2.75, 3.05) is 25.5 Å². The van der Waals surface area contributed by atoms with Gasteiger partial charge in [-0.25, -0.2) is 0 Å². The first-order valence-corrected chi connectivity index (χ1v) is 10.0. The fourth-order valence-corrected chi connectivity index (χ4v) is 4.52. The SMILES string of the molecule is CN(C(=O)[C@H]1CC(=O)Nc2ccccc21)C(Cc1ccccc1)[C@H]1CCNC1. The first kappa shape index (κ1) is 18.7. The average Bonchev–Trinajstić information content (AvgIpc) is 3.25. The smallest absolute Gasteiger partial charge is 0.230 e. The lowest BCUT2D eigenvalue weighted by atomic mass is 9.86. The number of amides is 2. The molecule has 2 aliphatic rings. The quantitative estimate of drug-likeness (QED) is 0.842. The Kier molecular flexibility index (Phi) is 5.44. The molecule has 1 fully saturated rings. The third-order valence-electron chi connectivity index (χ3n) is 6.07. The highest BCUT2D eigenvalue weighted by atomic mass is 16.2. The van der Waals surface area contributed by atoms with Gasteiger partial charge in [0.25, 0.3) is 0 Å². The van der Waals surface area contributed by atoms with Gasteiger partial charge in [-0.2, -0.15) is 0 Å². The van der Waals surface area contributed by atoms with Crippen molar-refractivity contribution in [1.82, 2.24) is 10.2 Å². The molecule has 0 radical (unpaired) electrons. The first-order valence-electron chi connectivity index (χ1n) is 10.0. The number of benzene rings is 2. The molecular formula is C23H27N3O2. The zero-order chi connectivity index (χ0) is 19.5. The number of rotatable bonds is 5. The Morgan fingerprint density at radius 1 is 1.14 bits per heavy atom. The number of nitrogens with zero attached hydrogens (tertiary/aromatic N) is 1. The van der Waals surface area contributed by atoms with Gasteiger partial charge in [-0.3, -0.25) is 9.59 Å². The van der Waals surface area contributed by atoms with E-state index in [1.165, 1.54) is 5.56 Å². The largest absolute Gasteiger partial charge is 0.342 e. The van der Waals surface area contributed by atoms with Gasteiger partial charge in [0.1, 0.15) is 0 Å². The minimum absolute atomic E-state index is 0.0372. The highest BCUT2D eigenvalue weighted by Gasteiger charge is 2.37. The van der Waals surface area contributed by atoms with E-state index in [-0.39, 0.29) is 24.3 Å². The number of carbonyl (C=O) groups excluding carboxylic acids is 2. The molecule has 1 saturated heterocycles. The normalized spacial score (nSPS) is 22.2. The number of hydrogen-bond acceptors (Lipinski definition) is 3. The third kappa shape index (κ3) is 3.80. The van der Waals surface area contributed by atoms with Crippen LogP contribution in [0.4, 0.5) is 5.69 Å². The molecule has 2 N–H and O–H groups in total. The Labute approximate surface area is 166 Å². The average molecular weight is 377 g/mol. The molecule has 2 amide bonds. The van der Waals surface area contributed by atoms with Gasteiger partial charge in [-0.1, -0.05) is 48.5 Å². The Hall–Kier alpha value is -2.66. The molecule has 0 spiro atoms. The van der Waals surface area contributed by atoms with Crippen LogP contribution in [-0.4, -0.2) is 42.9 Å². The zero-order valence-electron chi connectivity index (χ0n) is 16.2. The number of hydrogen-bond donors (Lipinski definition) is 2. The summed E-state index contributed by atoms with van der Waals surface area (Å²) in [6.45, 7) is 1.92. The van der Waals surface area contributed by atoms with Gasteiger partial charge < -0.3 is 15.5 Å². The summed E-state index contributed by atoms with van der Waals surface area (Å²) in [4.78, 5) is 27.6. The van der Waals surface area contributed by atoms with Gasteiger partial charge in [-0.05, 0) is 49.0 Å². The topological polar surface area (TPSA) is 61.4 Å². The molecule has 2 aromatic carbocycles. The zero-order valence-corrected chi connectivity index (χ0v) is 16.2. The monoisotopic (exact) mass is 377 g/mol. The van der Waals surface area contributed by atoms with Crippen molar-refractivity contribution >= 4 is 17.5 Å². The van der Waals surface area contributed by atoms with E-state index in [1.54, 1.807) is 0 Å². The summed E-state index contributed by atoms with van der Waals surface area (Å²) >= 11 is 0. The van der Waals surface area contributed by atoms with Gasteiger partial charge >= 0.3 is 0 Å². The van der Waals surface area contributed by atoms with Crippen LogP contribution >= 0.6 is 0 Å². The van der Waals surface area contributed by atoms with Crippen molar-refractivity contribution < 1.29 is 9.59 Å². The van der Waals surface area contributed by atoms with Crippen molar-refractivity contribution in [3.63, 3.8) is 0 Å². The number of carbonyl (C=O) groups is 2. The summed E-state index contributed by atoms with van der Waals surface area (Å²) in [5.41, 5.74) is 2.91. The minimum atomic E-state index is -0.414. The maximum atomic E-state index is 13.5. The van der Waals surface area contributed by atoms with Crippen LogP contribution in [0, 0.1) is 5.92 Å². The van der Waals surface area contributed by atoms with Crippen molar-refractivity contribution in [3.8, 4) is 0 Å². The van der Waals surface area contributed by atoms with Crippen LogP contribution in [0.25, 0.3) is 0 Å². The molecule has 2 aliphatic heterocycles. The van der Waals surface area contributed by atoms with Crippen LogP contribution in [0.2, 0.25) is 0 Å². The summed E-state index contributed by atoms with van der Waals surface area (Å²) < 4.78 is 0. The van der Waals surface area contributed by atoms with Gasteiger partial charge in [-0.15, -0.1) is 0 Å². The Balaban J connectivity index is 1.60. The summed E-state index contributed by atoms with van der Waals surface area (Å²) in [7, 11) is 1.91. The molecule has 28 heavy (non-hydrogen) atoms. The van der Waals surface area contributed by atoms with E-state index in [1.807, 2.05) is 54.4 Å². The minimum Gasteiger partial charge on any atom is -0.342 e. The maximum Gasteiger partial charge on any atom is 0.230 e. The third-order valence-corrected chi connectivity index (χ3v) is 6.07. The van der Waals surface area contributed by atoms with Crippen LogP contribution in [0.5, 0.6) is 0 Å². The lowest BCUT2D eigenvalue weighted by Gasteiger charge is -2.36. The molecular weight excluding hydrogens is 350 g/mol. The number of fused-ring (bicyclic) bond motifs is 1. The summed E-state index contributed by atoms with van der Waals surface area (Å²) in [5, 5.41) is 6.32. The molecule has 1 unspecified atom stereocenters. The van der Waals surface area contributed by atoms with Crippen LogP contribution < -0.4 is 10.6 Å². The molecule has 0 saturated carbocycles.